The number of hydrogen-bond donors (Lipinski definition) is 0. The Balaban J connectivity index is 2.22. The van der Waals surface area contributed by atoms with Gasteiger partial charge in [-0.2, -0.15) is 0 Å². The highest BCUT2D eigenvalue weighted by atomic mass is 79.9. The summed E-state index contributed by atoms with van der Waals surface area (Å²) in [5.41, 5.74) is 0.747. The monoisotopic (exact) mass is 473 g/mol. The number of amides is 1. The van der Waals surface area contributed by atoms with Gasteiger partial charge in [-0.3, -0.25) is 14.5 Å². The zero-order valence-electron chi connectivity index (χ0n) is 15.2. The number of rotatable bonds is 8. The summed E-state index contributed by atoms with van der Waals surface area (Å²) < 4.78 is 17.0. The first-order valence-electron chi connectivity index (χ1n) is 8.32. The smallest absolute Gasteiger partial charge is 0.326 e. The van der Waals surface area contributed by atoms with E-state index in [1.807, 2.05) is 19.9 Å². The highest BCUT2D eigenvalue weighted by Crippen LogP contribution is 2.39. The van der Waals surface area contributed by atoms with Gasteiger partial charge in [-0.25, -0.2) is 0 Å². The first-order chi connectivity index (χ1) is 12.9. The zero-order chi connectivity index (χ0) is 20.0. The van der Waals surface area contributed by atoms with Crippen molar-refractivity contribution in [3.05, 3.63) is 27.1 Å². The molecule has 1 fully saturated rings. The molecule has 9 heteroatoms. The first-order valence-corrected chi connectivity index (χ1v) is 10.3. The van der Waals surface area contributed by atoms with Gasteiger partial charge in [0, 0.05) is 0 Å². The van der Waals surface area contributed by atoms with Gasteiger partial charge in [-0.05, 0) is 53.0 Å². The van der Waals surface area contributed by atoms with Gasteiger partial charge < -0.3 is 14.2 Å². The lowest BCUT2D eigenvalue weighted by Crippen LogP contribution is -2.34. The van der Waals surface area contributed by atoms with Crippen molar-refractivity contribution in [2.75, 3.05) is 26.9 Å². The Bertz CT molecular complexity index is 781. The van der Waals surface area contributed by atoms with Gasteiger partial charge >= 0.3 is 5.97 Å². The van der Waals surface area contributed by atoms with Crippen LogP contribution in [0, 0.1) is 0 Å². The number of nitrogens with zero attached hydrogens (tertiary/aromatic N) is 1. The van der Waals surface area contributed by atoms with Crippen LogP contribution in [-0.4, -0.2) is 48.0 Å². The number of thiocarbonyl (C=S) groups is 1. The summed E-state index contributed by atoms with van der Waals surface area (Å²) in [4.78, 5) is 26.1. The van der Waals surface area contributed by atoms with E-state index in [9.17, 15) is 9.59 Å². The summed E-state index contributed by atoms with van der Waals surface area (Å²) in [5.74, 6) is 0.363. The molecule has 0 unspecified atom stereocenters. The molecule has 0 aromatic heterocycles. The molecule has 0 saturated carbocycles. The van der Waals surface area contributed by atoms with Crippen molar-refractivity contribution in [1.29, 1.82) is 0 Å². The largest absolute Gasteiger partial charge is 0.493 e. The minimum atomic E-state index is -0.472. The van der Waals surface area contributed by atoms with Gasteiger partial charge in [0.1, 0.15) is 10.9 Å². The molecule has 146 valence electrons. The second-order valence-electron chi connectivity index (χ2n) is 5.46. The summed E-state index contributed by atoms with van der Waals surface area (Å²) in [6.07, 6.45) is 2.43. The van der Waals surface area contributed by atoms with Gasteiger partial charge in [0.25, 0.3) is 5.91 Å². The van der Waals surface area contributed by atoms with Crippen LogP contribution in [0.5, 0.6) is 11.5 Å². The molecule has 1 aromatic rings. The molecule has 1 aromatic carbocycles. The van der Waals surface area contributed by atoms with Crippen LogP contribution in [0.4, 0.5) is 0 Å². The molecule has 1 heterocycles. The molecule has 1 saturated heterocycles. The van der Waals surface area contributed by atoms with Crippen LogP contribution < -0.4 is 9.47 Å². The lowest BCUT2D eigenvalue weighted by Gasteiger charge is -2.13. The van der Waals surface area contributed by atoms with Crippen LogP contribution in [0.15, 0.2) is 21.5 Å². The van der Waals surface area contributed by atoms with E-state index in [2.05, 4.69) is 15.9 Å². The standard InChI is InChI=1S/C18H20BrNO5S2/c1-4-6-25-15(21)10-20-17(22)14(27-18(20)26)9-11-7-12(19)16(24-5-2)13(8-11)23-3/h7-9H,4-6,10H2,1-3H3/b14-9-. The molecule has 6 nitrogen and oxygen atoms in total. The molecule has 27 heavy (non-hydrogen) atoms. The molecule has 0 aliphatic carbocycles. The van der Waals surface area contributed by atoms with Gasteiger partial charge in [0.05, 0.1) is 29.7 Å². The summed E-state index contributed by atoms with van der Waals surface area (Å²) in [6, 6.07) is 3.60. The van der Waals surface area contributed by atoms with E-state index in [1.54, 1.807) is 19.3 Å². The third kappa shape index (κ3) is 5.46. The Kier molecular flexibility index (Phi) is 8.12. The van der Waals surface area contributed by atoms with Crippen molar-refractivity contribution in [1.82, 2.24) is 4.90 Å². The van der Waals surface area contributed by atoms with E-state index in [-0.39, 0.29) is 12.5 Å². The minimum Gasteiger partial charge on any atom is -0.493 e. The fraction of sp³-hybridized carbons (Fsp3) is 0.389. The van der Waals surface area contributed by atoms with Crippen LogP contribution >= 0.6 is 39.9 Å². The van der Waals surface area contributed by atoms with Crippen molar-refractivity contribution in [2.24, 2.45) is 0 Å². The van der Waals surface area contributed by atoms with Crippen LogP contribution in [0.25, 0.3) is 6.08 Å². The number of benzene rings is 1. The fourth-order valence-electron chi connectivity index (χ4n) is 2.29. The van der Waals surface area contributed by atoms with Crippen LogP contribution in [0.2, 0.25) is 0 Å². The maximum absolute atomic E-state index is 12.6. The Morgan fingerprint density at radius 1 is 1.37 bits per heavy atom. The number of hydrogen-bond acceptors (Lipinski definition) is 7. The molecular formula is C18H20BrNO5S2. The predicted molar refractivity (Wildman–Crippen MR) is 113 cm³/mol. The highest BCUT2D eigenvalue weighted by molar-refractivity contribution is 9.10. The van der Waals surface area contributed by atoms with Crippen molar-refractivity contribution >= 4 is 62.2 Å². The fourth-order valence-corrected chi connectivity index (χ4v) is 4.12. The molecule has 1 aliphatic rings. The minimum absolute atomic E-state index is 0.182. The summed E-state index contributed by atoms with van der Waals surface area (Å²) in [5, 5.41) is 0. The van der Waals surface area contributed by atoms with Crippen molar-refractivity contribution in [2.45, 2.75) is 20.3 Å². The maximum atomic E-state index is 12.6. The van der Waals surface area contributed by atoms with Crippen molar-refractivity contribution in [3.63, 3.8) is 0 Å². The second-order valence-corrected chi connectivity index (χ2v) is 7.99. The SMILES string of the molecule is CCCOC(=O)CN1C(=O)/C(=C/c2cc(Br)c(OCC)c(OC)c2)SC1=S. The summed E-state index contributed by atoms with van der Waals surface area (Å²) in [6.45, 7) is 4.43. The van der Waals surface area contributed by atoms with Gasteiger partial charge in [-0.15, -0.1) is 0 Å². The second kappa shape index (κ2) is 10.1. The van der Waals surface area contributed by atoms with Crippen molar-refractivity contribution < 1.29 is 23.8 Å². The summed E-state index contributed by atoms with van der Waals surface area (Å²) in [7, 11) is 1.55. The van der Waals surface area contributed by atoms with Gasteiger partial charge in [-0.1, -0.05) is 30.9 Å². The van der Waals surface area contributed by atoms with Crippen LogP contribution in [0.3, 0.4) is 0 Å². The maximum Gasteiger partial charge on any atom is 0.326 e. The van der Waals surface area contributed by atoms with Crippen LogP contribution in [0.1, 0.15) is 25.8 Å². The predicted octanol–water partition coefficient (Wildman–Crippen LogP) is 4.01. The van der Waals surface area contributed by atoms with E-state index in [4.69, 9.17) is 26.4 Å². The summed E-state index contributed by atoms with van der Waals surface area (Å²) >= 11 is 9.85. The number of methoxy groups -OCH3 is 1. The molecule has 0 N–H and O–H groups in total. The molecule has 1 amide bonds. The van der Waals surface area contributed by atoms with Gasteiger partial charge in [0.15, 0.2) is 11.5 Å². The Morgan fingerprint density at radius 2 is 2.11 bits per heavy atom. The van der Waals surface area contributed by atoms with E-state index in [1.165, 1.54) is 4.90 Å². The molecule has 0 radical (unpaired) electrons. The number of carbonyl (C=O) groups is 2. The molecule has 0 bridgehead atoms. The normalized spacial score (nSPS) is 15.4. The van der Waals surface area contributed by atoms with E-state index in [0.717, 1.165) is 23.7 Å². The quantitative estimate of drug-likeness (QED) is 0.321. The first kappa shape index (κ1) is 21.7. The molecular weight excluding hydrogens is 454 g/mol. The van der Waals surface area contributed by atoms with E-state index in [0.29, 0.717) is 38.4 Å². The molecule has 0 atom stereocenters. The third-order valence-electron chi connectivity index (χ3n) is 3.47. The van der Waals surface area contributed by atoms with E-state index >= 15 is 0 Å². The highest BCUT2D eigenvalue weighted by Gasteiger charge is 2.33. The van der Waals surface area contributed by atoms with Crippen molar-refractivity contribution in [3.8, 4) is 11.5 Å². The third-order valence-corrected chi connectivity index (χ3v) is 5.43. The lowest BCUT2D eigenvalue weighted by atomic mass is 10.2. The average molecular weight is 474 g/mol. The molecule has 0 spiro atoms. The molecule has 1 aliphatic heterocycles. The number of thioether (sulfide) groups is 1. The van der Waals surface area contributed by atoms with Gasteiger partial charge in [0.2, 0.25) is 0 Å². The number of esters is 1. The van der Waals surface area contributed by atoms with Crippen LogP contribution in [-0.2, 0) is 14.3 Å². The Hall–Kier alpha value is -1.58. The number of ether oxygens (including phenoxy) is 3. The van der Waals surface area contributed by atoms with E-state index < -0.39 is 5.97 Å². The number of halogens is 1. The number of carbonyl (C=O) groups excluding carboxylic acids is 2. The average Bonchev–Trinajstić information content (AvgIpc) is 2.89. The Labute approximate surface area is 176 Å². The molecule has 2 rings (SSSR count). The lowest BCUT2D eigenvalue weighted by molar-refractivity contribution is -0.146. The zero-order valence-corrected chi connectivity index (χ0v) is 18.5. The topological polar surface area (TPSA) is 65.1 Å². The Morgan fingerprint density at radius 3 is 2.74 bits per heavy atom.